The van der Waals surface area contributed by atoms with Crippen molar-refractivity contribution in [2.45, 2.75) is 32.1 Å². The van der Waals surface area contributed by atoms with Gasteiger partial charge in [0.05, 0.1) is 5.75 Å². The molecule has 1 unspecified atom stereocenters. The monoisotopic (exact) mass is 329 g/mol. The fraction of sp³-hybridized carbons (Fsp3) is 0.800. The molecule has 1 fully saturated rings. The zero-order valence-electron chi connectivity index (χ0n) is 13.1. The van der Waals surface area contributed by atoms with Crippen LogP contribution < -0.4 is 5.14 Å². The summed E-state index contributed by atoms with van der Waals surface area (Å²) in [7, 11) is -3.41. The minimum absolute atomic E-state index is 0.0180. The molecule has 6 nitrogen and oxygen atoms in total. The number of nitrogens with two attached hydrogens (primary N) is 1. The first-order valence-electron chi connectivity index (χ1n) is 8.12. The SMILES string of the molecule is NS(=O)(=O)CCN1CCN(C(=O)C2CC/C=C\CCC2)CC1. The molecular weight excluding hydrogens is 302 g/mol. The van der Waals surface area contributed by atoms with Crippen molar-refractivity contribution in [2.75, 3.05) is 38.5 Å². The Morgan fingerprint density at radius 3 is 2.45 bits per heavy atom. The van der Waals surface area contributed by atoms with E-state index in [2.05, 4.69) is 17.1 Å². The van der Waals surface area contributed by atoms with Gasteiger partial charge in [-0.1, -0.05) is 12.2 Å². The van der Waals surface area contributed by atoms with E-state index in [-0.39, 0.29) is 17.6 Å². The number of primary sulfonamides is 1. The molecule has 1 aliphatic carbocycles. The number of nitrogens with zero attached hydrogens (tertiary/aromatic N) is 2. The number of hydrogen-bond donors (Lipinski definition) is 1. The topological polar surface area (TPSA) is 83.7 Å². The van der Waals surface area contributed by atoms with Gasteiger partial charge in [-0.2, -0.15) is 0 Å². The molecule has 0 radical (unpaired) electrons. The van der Waals surface area contributed by atoms with Crippen LogP contribution in [0, 0.1) is 5.92 Å². The summed E-state index contributed by atoms with van der Waals surface area (Å²) < 4.78 is 22.0. The maximum atomic E-state index is 12.6. The van der Waals surface area contributed by atoms with Gasteiger partial charge in [-0.25, -0.2) is 13.6 Å². The van der Waals surface area contributed by atoms with Gasteiger partial charge in [0.1, 0.15) is 0 Å². The standard InChI is InChI=1S/C15H27N3O3S/c16-22(20,21)13-12-17-8-10-18(11-9-17)15(19)14-6-4-2-1-3-5-7-14/h1-2,14H,3-13H2,(H2,16,20,21)/b2-1-. The summed E-state index contributed by atoms with van der Waals surface area (Å²) in [4.78, 5) is 16.6. The van der Waals surface area contributed by atoms with Gasteiger partial charge in [0.15, 0.2) is 0 Å². The van der Waals surface area contributed by atoms with Gasteiger partial charge in [0.2, 0.25) is 15.9 Å². The molecule has 0 aromatic rings. The largest absolute Gasteiger partial charge is 0.340 e. The van der Waals surface area contributed by atoms with Crippen molar-refractivity contribution in [3.05, 3.63) is 12.2 Å². The van der Waals surface area contributed by atoms with Gasteiger partial charge in [-0.3, -0.25) is 9.69 Å². The molecule has 1 atom stereocenters. The minimum atomic E-state index is -3.41. The smallest absolute Gasteiger partial charge is 0.225 e. The zero-order chi connectivity index (χ0) is 16.0. The van der Waals surface area contributed by atoms with Gasteiger partial charge >= 0.3 is 0 Å². The molecule has 0 spiro atoms. The van der Waals surface area contributed by atoms with Crippen molar-refractivity contribution in [1.29, 1.82) is 0 Å². The van der Waals surface area contributed by atoms with Crippen LogP contribution in [0.25, 0.3) is 0 Å². The number of carbonyl (C=O) groups excluding carboxylic acids is 1. The molecule has 2 N–H and O–H groups in total. The second-order valence-electron chi connectivity index (χ2n) is 6.21. The number of carbonyl (C=O) groups is 1. The van der Waals surface area contributed by atoms with E-state index in [1.54, 1.807) is 0 Å². The Bertz CT molecular complexity index is 496. The summed E-state index contributed by atoms with van der Waals surface area (Å²) in [5, 5.41) is 5.03. The van der Waals surface area contributed by atoms with Gasteiger partial charge < -0.3 is 4.90 Å². The lowest BCUT2D eigenvalue weighted by Crippen LogP contribution is -2.51. The number of hydrogen-bond acceptors (Lipinski definition) is 4. The van der Waals surface area contributed by atoms with Crippen LogP contribution >= 0.6 is 0 Å². The molecule has 0 aromatic carbocycles. The molecule has 1 saturated heterocycles. The van der Waals surface area contributed by atoms with E-state index in [0.29, 0.717) is 19.6 Å². The Hall–Kier alpha value is -0.920. The van der Waals surface area contributed by atoms with Crippen molar-refractivity contribution >= 4 is 15.9 Å². The van der Waals surface area contributed by atoms with Crippen molar-refractivity contribution in [3.63, 3.8) is 0 Å². The lowest BCUT2D eigenvalue weighted by Gasteiger charge is -2.36. The third kappa shape index (κ3) is 5.70. The third-order valence-electron chi connectivity index (χ3n) is 4.50. The maximum Gasteiger partial charge on any atom is 0.225 e. The molecule has 22 heavy (non-hydrogen) atoms. The van der Waals surface area contributed by atoms with E-state index in [9.17, 15) is 13.2 Å². The van der Waals surface area contributed by atoms with Gasteiger partial charge in [0, 0.05) is 38.6 Å². The normalized spacial score (nSPS) is 26.2. The van der Waals surface area contributed by atoms with Gasteiger partial charge in [-0.05, 0) is 32.1 Å². The van der Waals surface area contributed by atoms with Crippen molar-refractivity contribution in [1.82, 2.24) is 9.80 Å². The summed E-state index contributed by atoms with van der Waals surface area (Å²) in [6, 6.07) is 0. The summed E-state index contributed by atoms with van der Waals surface area (Å²) in [5.74, 6) is 0.415. The summed E-state index contributed by atoms with van der Waals surface area (Å²) in [6.45, 7) is 3.29. The second kappa shape index (κ2) is 8.08. The van der Waals surface area contributed by atoms with E-state index in [1.807, 2.05) is 4.90 Å². The third-order valence-corrected chi connectivity index (χ3v) is 5.25. The molecule has 2 aliphatic rings. The van der Waals surface area contributed by atoms with Crippen LogP contribution in [-0.4, -0.2) is 62.6 Å². The molecule has 0 saturated carbocycles. The number of amides is 1. The Labute approximate surface area is 133 Å². The predicted octanol–water partition coefficient (Wildman–Crippen LogP) is 0.556. The van der Waals surface area contributed by atoms with Crippen LogP contribution in [0.1, 0.15) is 32.1 Å². The lowest BCUT2D eigenvalue weighted by molar-refractivity contribution is -0.137. The molecule has 1 heterocycles. The Morgan fingerprint density at radius 2 is 1.77 bits per heavy atom. The quantitative estimate of drug-likeness (QED) is 0.764. The number of rotatable bonds is 4. The predicted molar refractivity (Wildman–Crippen MR) is 86.7 cm³/mol. The van der Waals surface area contributed by atoms with Crippen LogP contribution in [0.15, 0.2) is 12.2 Å². The Kier molecular flexibility index (Phi) is 6.40. The average Bonchev–Trinajstić information content (AvgIpc) is 2.44. The fourth-order valence-corrected chi connectivity index (χ4v) is 3.63. The molecule has 1 aliphatic heterocycles. The number of allylic oxidation sites excluding steroid dienone is 2. The highest BCUT2D eigenvalue weighted by atomic mass is 32.2. The van der Waals surface area contributed by atoms with Crippen LogP contribution in [-0.2, 0) is 14.8 Å². The number of sulfonamides is 1. The van der Waals surface area contributed by atoms with Crippen molar-refractivity contribution in [2.24, 2.45) is 11.1 Å². The van der Waals surface area contributed by atoms with Gasteiger partial charge in [-0.15, -0.1) is 0 Å². The average molecular weight is 329 g/mol. The molecule has 0 aromatic heterocycles. The van der Waals surface area contributed by atoms with E-state index in [4.69, 9.17) is 5.14 Å². The summed E-state index contributed by atoms with van der Waals surface area (Å²) >= 11 is 0. The van der Waals surface area contributed by atoms with Crippen LogP contribution in [0.4, 0.5) is 0 Å². The fourth-order valence-electron chi connectivity index (χ4n) is 3.11. The van der Waals surface area contributed by atoms with Crippen LogP contribution in [0.2, 0.25) is 0 Å². The van der Waals surface area contributed by atoms with E-state index in [0.717, 1.165) is 45.2 Å². The molecule has 126 valence electrons. The first-order chi connectivity index (χ1) is 10.5. The zero-order valence-corrected chi connectivity index (χ0v) is 13.9. The molecule has 7 heteroatoms. The summed E-state index contributed by atoms with van der Waals surface area (Å²) in [5.41, 5.74) is 0. The van der Waals surface area contributed by atoms with Crippen LogP contribution in [0.3, 0.4) is 0 Å². The molecule has 0 bridgehead atoms. The van der Waals surface area contributed by atoms with Gasteiger partial charge in [0.25, 0.3) is 0 Å². The highest BCUT2D eigenvalue weighted by molar-refractivity contribution is 7.89. The molecule has 1 amide bonds. The van der Waals surface area contributed by atoms with Crippen molar-refractivity contribution in [3.8, 4) is 0 Å². The van der Waals surface area contributed by atoms with Crippen molar-refractivity contribution < 1.29 is 13.2 Å². The first-order valence-corrected chi connectivity index (χ1v) is 9.84. The van der Waals surface area contributed by atoms with E-state index >= 15 is 0 Å². The van der Waals surface area contributed by atoms with Crippen LogP contribution in [0.5, 0.6) is 0 Å². The Balaban J connectivity index is 1.78. The molecule has 2 rings (SSSR count). The summed E-state index contributed by atoms with van der Waals surface area (Å²) in [6.07, 6.45) is 9.47. The minimum Gasteiger partial charge on any atom is -0.340 e. The first kappa shape index (κ1) is 17.4. The Morgan fingerprint density at radius 1 is 1.09 bits per heavy atom. The second-order valence-corrected chi connectivity index (χ2v) is 7.94. The highest BCUT2D eigenvalue weighted by Crippen LogP contribution is 2.21. The van der Waals surface area contributed by atoms with E-state index < -0.39 is 10.0 Å². The number of piperazine rings is 1. The lowest BCUT2D eigenvalue weighted by atomic mass is 9.92. The van der Waals surface area contributed by atoms with E-state index in [1.165, 1.54) is 0 Å². The highest BCUT2D eigenvalue weighted by Gasteiger charge is 2.27. The maximum absolute atomic E-state index is 12.6. The molecular formula is C15H27N3O3S.